The molecule has 4 nitrogen and oxygen atoms in total. The number of alkyl halides is 2. The number of nitrogens with one attached hydrogen (secondary N) is 1. The summed E-state index contributed by atoms with van der Waals surface area (Å²) in [5.41, 5.74) is -1.01. The SMILES string of the molecule is CC(C)NC(C)(C(=O)O)c1cccc(OC(F)F)c1. The van der Waals surface area contributed by atoms with E-state index in [1.807, 2.05) is 0 Å². The molecule has 0 bridgehead atoms. The molecule has 0 aromatic heterocycles. The standard InChI is InChI=1S/C13H17F2NO3/c1-8(2)16-13(3,11(17)18)9-5-4-6-10(7-9)19-12(14)15/h4-8,12,16H,1-3H3,(H,17,18). The summed E-state index contributed by atoms with van der Waals surface area (Å²) in [5, 5.41) is 12.3. The Balaban J connectivity index is 3.13. The van der Waals surface area contributed by atoms with E-state index >= 15 is 0 Å². The molecule has 6 heteroatoms. The zero-order valence-electron chi connectivity index (χ0n) is 11.0. The highest BCUT2D eigenvalue weighted by molar-refractivity contribution is 5.80. The maximum atomic E-state index is 12.2. The molecule has 0 saturated heterocycles. The highest BCUT2D eigenvalue weighted by Gasteiger charge is 2.35. The fraction of sp³-hybridized carbons (Fsp3) is 0.462. The largest absolute Gasteiger partial charge is 0.480 e. The lowest BCUT2D eigenvalue weighted by atomic mass is 9.91. The van der Waals surface area contributed by atoms with E-state index in [-0.39, 0.29) is 11.8 Å². The number of carboxylic acid groups (broad SMARTS) is 1. The van der Waals surface area contributed by atoms with Crippen LogP contribution in [-0.2, 0) is 10.3 Å². The molecule has 0 aliphatic heterocycles. The van der Waals surface area contributed by atoms with Gasteiger partial charge in [-0.1, -0.05) is 12.1 Å². The Hall–Kier alpha value is -1.69. The van der Waals surface area contributed by atoms with Crippen LogP contribution in [0.2, 0.25) is 0 Å². The molecule has 1 unspecified atom stereocenters. The van der Waals surface area contributed by atoms with Gasteiger partial charge in [0.2, 0.25) is 0 Å². The number of rotatable bonds is 6. The van der Waals surface area contributed by atoms with Gasteiger partial charge in [-0.2, -0.15) is 8.78 Å². The van der Waals surface area contributed by atoms with E-state index in [0.717, 1.165) is 0 Å². The van der Waals surface area contributed by atoms with Crippen molar-refractivity contribution in [1.82, 2.24) is 5.32 Å². The molecule has 0 saturated carbocycles. The topological polar surface area (TPSA) is 58.6 Å². The zero-order valence-corrected chi connectivity index (χ0v) is 11.0. The summed E-state index contributed by atoms with van der Waals surface area (Å²) in [6.07, 6.45) is 0. The van der Waals surface area contributed by atoms with E-state index in [1.54, 1.807) is 19.9 Å². The van der Waals surface area contributed by atoms with Gasteiger partial charge in [-0.15, -0.1) is 0 Å². The number of carbonyl (C=O) groups is 1. The normalized spacial score (nSPS) is 14.5. The van der Waals surface area contributed by atoms with Gasteiger partial charge in [-0.3, -0.25) is 5.32 Å². The number of carboxylic acids is 1. The second-order valence-corrected chi connectivity index (χ2v) is 4.64. The van der Waals surface area contributed by atoms with Crippen LogP contribution < -0.4 is 10.1 Å². The van der Waals surface area contributed by atoms with Gasteiger partial charge in [0.1, 0.15) is 11.3 Å². The monoisotopic (exact) mass is 273 g/mol. The van der Waals surface area contributed by atoms with Crippen molar-refractivity contribution in [2.24, 2.45) is 0 Å². The Morgan fingerprint density at radius 1 is 1.42 bits per heavy atom. The van der Waals surface area contributed by atoms with Gasteiger partial charge < -0.3 is 9.84 Å². The van der Waals surface area contributed by atoms with Crippen molar-refractivity contribution in [1.29, 1.82) is 0 Å². The molecule has 1 aromatic rings. The maximum Gasteiger partial charge on any atom is 0.387 e. The number of aliphatic carboxylic acids is 1. The first-order valence-corrected chi connectivity index (χ1v) is 5.82. The molecule has 0 aliphatic carbocycles. The summed E-state index contributed by atoms with van der Waals surface area (Å²) in [5.74, 6) is -1.15. The minimum absolute atomic E-state index is 0.0643. The Morgan fingerprint density at radius 3 is 2.53 bits per heavy atom. The number of benzene rings is 1. The molecule has 1 rings (SSSR count). The zero-order chi connectivity index (χ0) is 14.6. The lowest BCUT2D eigenvalue weighted by Gasteiger charge is -2.29. The van der Waals surface area contributed by atoms with Gasteiger partial charge in [0.05, 0.1) is 0 Å². The van der Waals surface area contributed by atoms with Gasteiger partial charge >= 0.3 is 12.6 Å². The number of halogens is 2. The highest BCUT2D eigenvalue weighted by Crippen LogP contribution is 2.26. The third-order valence-electron chi connectivity index (χ3n) is 2.64. The predicted molar refractivity (Wildman–Crippen MR) is 66.3 cm³/mol. The van der Waals surface area contributed by atoms with Crippen LogP contribution in [-0.4, -0.2) is 23.7 Å². The van der Waals surface area contributed by atoms with Crippen LogP contribution in [0.25, 0.3) is 0 Å². The fourth-order valence-electron chi connectivity index (χ4n) is 1.83. The first-order valence-electron chi connectivity index (χ1n) is 5.82. The van der Waals surface area contributed by atoms with Gasteiger partial charge in [0.25, 0.3) is 0 Å². The van der Waals surface area contributed by atoms with Crippen molar-refractivity contribution in [2.45, 2.75) is 39.0 Å². The summed E-state index contributed by atoms with van der Waals surface area (Å²) in [4.78, 5) is 11.4. The number of hydrogen-bond donors (Lipinski definition) is 2. The first kappa shape index (κ1) is 15.4. The van der Waals surface area contributed by atoms with E-state index in [4.69, 9.17) is 0 Å². The van der Waals surface area contributed by atoms with E-state index in [1.165, 1.54) is 25.1 Å². The Labute approximate surface area is 110 Å². The van der Waals surface area contributed by atoms with Crippen molar-refractivity contribution >= 4 is 5.97 Å². The summed E-state index contributed by atoms with van der Waals surface area (Å²) in [7, 11) is 0. The van der Waals surface area contributed by atoms with Crippen LogP contribution in [0.1, 0.15) is 26.3 Å². The third-order valence-corrected chi connectivity index (χ3v) is 2.64. The molecule has 0 amide bonds. The molecule has 0 radical (unpaired) electrons. The predicted octanol–water partition coefficient (Wildman–Crippen LogP) is 2.59. The van der Waals surface area contributed by atoms with Gasteiger partial charge in [-0.05, 0) is 38.5 Å². The number of ether oxygens (including phenoxy) is 1. The minimum atomic E-state index is -2.94. The highest BCUT2D eigenvalue weighted by atomic mass is 19.3. The molecule has 0 aliphatic rings. The first-order chi connectivity index (χ1) is 8.75. The van der Waals surface area contributed by atoms with E-state index in [0.29, 0.717) is 5.56 Å². The van der Waals surface area contributed by atoms with Crippen molar-refractivity contribution in [3.05, 3.63) is 29.8 Å². The van der Waals surface area contributed by atoms with E-state index in [9.17, 15) is 18.7 Å². The molecule has 19 heavy (non-hydrogen) atoms. The summed E-state index contributed by atoms with van der Waals surface area (Å²) >= 11 is 0. The lowest BCUT2D eigenvalue weighted by molar-refractivity contribution is -0.144. The van der Waals surface area contributed by atoms with E-state index < -0.39 is 18.1 Å². The summed E-state index contributed by atoms with van der Waals surface area (Å²) in [6, 6.07) is 5.61. The average Bonchev–Trinajstić information content (AvgIpc) is 2.27. The van der Waals surface area contributed by atoms with Crippen molar-refractivity contribution in [3.8, 4) is 5.75 Å². The van der Waals surface area contributed by atoms with Crippen LogP contribution in [0.15, 0.2) is 24.3 Å². The Morgan fingerprint density at radius 2 is 2.05 bits per heavy atom. The average molecular weight is 273 g/mol. The lowest BCUT2D eigenvalue weighted by Crippen LogP contribution is -2.49. The third kappa shape index (κ3) is 3.89. The molecular formula is C13H17F2NO3. The van der Waals surface area contributed by atoms with E-state index in [2.05, 4.69) is 10.1 Å². The second kappa shape index (κ2) is 5.97. The Kier molecular flexibility index (Phi) is 4.83. The molecule has 0 spiro atoms. The van der Waals surface area contributed by atoms with Gasteiger partial charge in [0, 0.05) is 6.04 Å². The summed E-state index contributed by atoms with van der Waals surface area (Å²) < 4.78 is 28.6. The molecular weight excluding hydrogens is 256 g/mol. The van der Waals surface area contributed by atoms with Crippen LogP contribution in [0.5, 0.6) is 5.75 Å². The molecule has 1 atom stereocenters. The smallest absolute Gasteiger partial charge is 0.387 e. The van der Waals surface area contributed by atoms with Crippen LogP contribution in [0.3, 0.4) is 0 Å². The molecule has 0 fully saturated rings. The fourth-order valence-corrected chi connectivity index (χ4v) is 1.83. The number of hydrogen-bond acceptors (Lipinski definition) is 3. The summed E-state index contributed by atoms with van der Waals surface area (Å²) in [6.45, 7) is 2.16. The maximum absolute atomic E-state index is 12.2. The molecule has 2 N–H and O–H groups in total. The second-order valence-electron chi connectivity index (χ2n) is 4.64. The van der Waals surface area contributed by atoms with Crippen molar-refractivity contribution in [2.75, 3.05) is 0 Å². The molecule has 0 heterocycles. The van der Waals surface area contributed by atoms with Crippen LogP contribution in [0, 0.1) is 0 Å². The van der Waals surface area contributed by atoms with Gasteiger partial charge in [0.15, 0.2) is 0 Å². The van der Waals surface area contributed by atoms with Crippen LogP contribution >= 0.6 is 0 Å². The quantitative estimate of drug-likeness (QED) is 0.836. The van der Waals surface area contributed by atoms with Crippen LogP contribution in [0.4, 0.5) is 8.78 Å². The van der Waals surface area contributed by atoms with Crippen molar-refractivity contribution in [3.63, 3.8) is 0 Å². The molecule has 1 aromatic carbocycles. The van der Waals surface area contributed by atoms with Crippen molar-refractivity contribution < 1.29 is 23.4 Å². The Bertz CT molecular complexity index is 451. The van der Waals surface area contributed by atoms with Gasteiger partial charge in [-0.25, -0.2) is 4.79 Å². The minimum Gasteiger partial charge on any atom is -0.480 e. The molecule has 106 valence electrons.